The summed E-state index contributed by atoms with van der Waals surface area (Å²) >= 11 is 0. The molecule has 6 nitrogen and oxygen atoms in total. The fourth-order valence-electron chi connectivity index (χ4n) is 1.76. The van der Waals surface area contributed by atoms with Crippen LogP contribution in [0.4, 0.5) is 5.82 Å². The minimum Gasteiger partial charge on any atom is -0.306 e. The van der Waals surface area contributed by atoms with Gasteiger partial charge in [-0.3, -0.25) is 9.59 Å². The van der Waals surface area contributed by atoms with E-state index in [2.05, 4.69) is 10.3 Å². The molecule has 2 rings (SSSR count). The molecule has 0 radical (unpaired) electrons. The summed E-state index contributed by atoms with van der Waals surface area (Å²) in [7, 11) is 1.54. The van der Waals surface area contributed by atoms with Crippen molar-refractivity contribution in [1.82, 2.24) is 9.55 Å². The summed E-state index contributed by atoms with van der Waals surface area (Å²) in [5, 5.41) is 2.59. The molecule has 28 heavy (non-hydrogen) atoms. The zero-order valence-corrected chi connectivity index (χ0v) is 18.2. The minimum atomic E-state index is -0.497. The van der Waals surface area contributed by atoms with Crippen molar-refractivity contribution < 1.29 is 9.59 Å². The molecule has 1 amide bonds. The molecule has 1 aromatic heterocycles. The van der Waals surface area contributed by atoms with E-state index in [-0.39, 0.29) is 17.5 Å². The second-order valence-electron chi connectivity index (χ2n) is 4.70. The van der Waals surface area contributed by atoms with E-state index >= 15 is 0 Å². The first-order valence-corrected chi connectivity index (χ1v) is 9.60. The third-order valence-corrected chi connectivity index (χ3v) is 2.88. The number of hydrogen-bond acceptors (Lipinski definition) is 4. The summed E-state index contributed by atoms with van der Waals surface area (Å²) < 4.78 is 1.28. The maximum Gasteiger partial charge on any atom is 0.349 e. The second kappa shape index (κ2) is 16.2. The lowest BCUT2D eigenvalue weighted by Gasteiger charge is -2.08. The largest absolute Gasteiger partial charge is 0.349 e. The van der Waals surface area contributed by atoms with Gasteiger partial charge in [-0.15, -0.1) is 0 Å². The Labute approximate surface area is 168 Å². The maximum absolute atomic E-state index is 12.1. The van der Waals surface area contributed by atoms with Gasteiger partial charge in [0, 0.05) is 24.4 Å². The lowest BCUT2D eigenvalue weighted by Crippen LogP contribution is -2.24. The van der Waals surface area contributed by atoms with Crippen LogP contribution in [0.25, 0.3) is 6.08 Å². The fourth-order valence-corrected chi connectivity index (χ4v) is 1.76. The number of anilines is 1. The molecule has 0 saturated heterocycles. The Hall–Kier alpha value is -3.02. The van der Waals surface area contributed by atoms with Crippen molar-refractivity contribution in [2.75, 3.05) is 5.32 Å². The molecule has 0 atom stereocenters. The third kappa shape index (κ3) is 9.62. The van der Waals surface area contributed by atoms with Crippen LogP contribution in [0.2, 0.25) is 0 Å². The second-order valence-corrected chi connectivity index (χ2v) is 4.70. The van der Waals surface area contributed by atoms with Crippen molar-refractivity contribution in [1.29, 1.82) is 0 Å². The van der Waals surface area contributed by atoms with E-state index in [1.807, 2.05) is 41.5 Å². The summed E-state index contributed by atoms with van der Waals surface area (Å²) in [5.41, 5.74) is 0.427. The van der Waals surface area contributed by atoms with E-state index < -0.39 is 5.69 Å². The Morgan fingerprint density at radius 1 is 1.00 bits per heavy atom. The molecule has 1 N–H and O–H groups in total. The van der Waals surface area contributed by atoms with Gasteiger partial charge in [0.25, 0.3) is 5.91 Å². The lowest BCUT2D eigenvalue weighted by molar-refractivity contribution is -0.112. The van der Waals surface area contributed by atoms with Crippen LogP contribution in [0.5, 0.6) is 0 Å². The summed E-state index contributed by atoms with van der Waals surface area (Å²) in [5.74, 6) is -0.400. The molecule has 0 unspecified atom stereocenters. The van der Waals surface area contributed by atoms with Crippen molar-refractivity contribution in [3.63, 3.8) is 0 Å². The number of aromatic nitrogens is 2. The summed E-state index contributed by atoms with van der Waals surface area (Å²) in [4.78, 5) is 38.7. The van der Waals surface area contributed by atoms with Crippen LogP contribution in [0, 0.1) is 0 Å². The van der Waals surface area contributed by atoms with E-state index in [4.69, 9.17) is 0 Å². The monoisotopic (exact) mass is 387 g/mol. The number of carbonyl (C=O) groups excluding carboxylic acids is 2. The molecule has 1 aromatic carbocycles. The summed E-state index contributed by atoms with van der Waals surface area (Å²) in [6, 6.07) is 8.59. The molecule has 2 aromatic rings. The highest BCUT2D eigenvalue weighted by atomic mass is 16.2. The van der Waals surface area contributed by atoms with Gasteiger partial charge in [-0.2, -0.15) is 4.98 Å². The van der Waals surface area contributed by atoms with Crippen LogP contribution < -0.4 is 11.0 Å². The van der Waals surface area contributed by atoms with Crippen LogP contribution in [0.3, 0.4) is 0 Å². The number of carbonyl (C=O) groups is 2. The van der Waals surface area contributed by atoms with Crippen molar-refractivity contribution >= 4 is 23.6 Å². The highest BCUT2D eigenvalue weighted by molar-refractivity contribution is 6.04. The number of aryl methyl sites for hydroxylation is 1. The SMILES string of the molecule is CC.CC.CC.CC(=O)/C=C/c1cn(C)c(=O)nc1NC(=O)c1ccccc1. The van der Waals surface area contributed by atoms with Gasteiger partial charge >= 0.3 is 5.69 Å². The predicted octanol–water partition coefficient (Wildman–Crippen LogP) is 4.71. The summed E-state index contributed by atoms with van der Waals surface area (Å²) in [6.07, 6.45) is 4.37. The number of nitrogens with one attached hydrogen (secondary N) is 1. The standard InChI is InChI=1S/C16H15N3O3.3C2H6/c1-11(20)8-9-13-10-19(2)16(22)18-14(13)17-15(21)12-6-4-3-5-7-12;3*1-2/h3-10H,1-2H3,(H,17,18,21,22);3*1-2H3/b9-8+;;;. The Morgan fingerprint density at radius 2 is 1.54 bits per heavy atom. The smallest absolute Gasteiger partial charge is 0.306 e. The lowest BCUT2D eigenvalue weighted by atomic mass is 10.2. The zero-order valence-electron chi connectivity index (χ0n) is 18.2. The Kier molecular flexibility index (Phi) is 15.7. The number of nitrogens with zero attached hydrogens (tertiary/aromatic N) is 2. The van der Waals surface area contributed by atoms with Gasteiger partial charge in [0.05, 0.1) is 0 Å². The van der Waals surface area contributed by atoms with E-state index in [1.54, 1.807) is 37.4 Å². The number of rotatable bonds is 4. The van der Waals surface area contributed by atoms with Crippen LogP contribution >= 0.6 is 0 Å². The fraction of sp³-hybridized carbons (Fsp3) is 0.364. The normalized spacial score (nSPS) is 9.00. The molecule has 0 bridgehead atoms. The minimum absolute atomic E-state index is 0.120. The van der Waals surface area contributed by atoms with Crippen LogP contribution in [-0.2, 0) is 11.8 Å². The van der Waals surface area contributed by atoms with Crippen LogP contribution in [0.1, 0.15) is 64.4 Å². The van der Waals surface area contributed by atoms with Crippen LogP contribution in [0.15, 0.2) is 47.4 Å². The van der Waals surface area contributed by atoms with Gasteiger partial charge in [0.15, 0.2) is 5.78 Å². The molecular formula is C22H33N3O3. The van der Waals surface area contributed by atoms with Crippen molar-refractivity contribution in [2.45, 2.75) is 48.5 Å². The molecule has 6 heteroatoms. The predicted molar refractivity (Wildman–Crippen MR) is 118 cm³/mol. The molecule has 0 aliphatic heterocycles. The van der Waals surface area contributed by atoms with Crippen molar-refractivity contribution in [3.05, 3.63) is 64.2 Å². The Morgan fingerprint density at radius 3 is 2.04 bits per heavy atom. The summed E-state index contributed by atoms with van der Waals surface area (Å²) in [6.45, 7) is 13.4. The number of ketones is 1. The number of hydrogen-bond donors (Lipinski definition) is 1. The van der Waals surface area contributed by atoms with Gasteiger partial charge in [-0.05, 0) is 31.2 Å². The van der Waals surface area contributed by atoms with E-state index in [1.165, 1.54) is 29.8 Å². The highest BCUT2D eigenvalue weighted by Crippen LogP contribution is 2.13. The van der Waals surface area contributed by atoms with Gasteiger partial charge < -0.3 is 9.88 Å². The maximum atomic E-state index is 12.1. The molecule has 0 spiro atoms. The topological polar surface area (TPSA) is 81.1 Å². The van der Waals surface area contributed by atoms with E-state index in [0.717, 1.165) is 0 Å². The van der Waals surface area contributed by atoms with Crippen molar-refractivity contribution in [2.24, 2.45) is 7.05 Å². The van der Waals surface area contributed by atoms with Gasteiger partial charge in [0.2, 0.25) is 0 Å². The van der Waals surface area contributed by atoms with Crippen molar-refractivity contribution in [3.8, 4) is 0 Å². The quantitative estimate of drug-likeness (QED) is 0.770. The number of amides is 1. The van der Waals surface area contributed by atoms with E-state index in [9.17, 15) is 14.4 Å². The molecule has 0 fully saturated rings. The van der Waals surface area contributed by atoms with E-state index in [0.29, 0.717) is 11.1 Å². The molecule has 1 heterocycles. The average molecular weight is 388 g/mol. The third-order valence-electron chi connectivity index (χ3n) is 2.88. The molecule has 154 valence electrons. The Balaban J connectivity index is 0. The van der Waals surface area contributed by atoms with Crippen LogP contribution in [-0.4, -0.2) is 21.2 Å². The first-order chi connectivity index (χ1) is 13.5. The molecule has 0 aliphatic carbocycles. The molecule has 0 saturated carbocycles. The number of allylic oxidation sites excluding steroid dienone is 1. The first kappa shape index (κ1) is 27.2. The molecule has 0 aliphatic rings. The van der Waals surface area contributed by atoms with Gasteiger partial charge in [-0.25, -0.2) is 4.79 Å². The average Bonchev–Trinajstić information content (AvgIpc) is 2.74. The molecular weight excluding hydrogens is 354 g/mol. The highest BCUT2D eigenvalue weighted by Gasteiger charge is 2.10. The number of benzene rings is 1. The van der Waals surface area contributed by atoms with Gasteiger partial charge in [0.1, 0.15) is 5.82 Å². The first-order valence-electron chi connectivity index (χ1n) is 9.60. The zero-order chi connectivity index (χ0) is 22.1. The van der Waals surface area contributed by atoms with Gasteiger partial charge in [-0.1, -0.05) is 59.7 Å². The Bertz CT molecular complexity index is 794.